The predicted octanol–water partition coefficient (Wildman–Crippen LogP) is 6.64. The molecule has 0 spiro atoms. The molecule has 222 valence electrons. The fourth-order valence-corrected chi connectivity index (χ4v) is 5.35. The minimum Gasteiger partial charge on any atom is -0.393 e. The number of alkyl halides is 1. The van der Waals surface area contributed by atoms with Crippen molar-refractivity contribution in [3.05, 3.63) is 118 Å². The van der Waals surface area contributed by atoms with Gasteiger partial charge in [-0.1, -0.05) is 35.9 Å². The van der Waals surface area contributed by atoms with Crippen LogP contribution in [0.2, 0.25) is 5.02 Å². The summed E-state index contributed by atoms with van der Waals surface area (Å²) < 4.78 is 59.5. The average Bonchev–Trinajstić information content (AvgIpc) is 3.06. The van der Waals surface area contributed by atoms with Gasteiger partial charge >= 0.3 is 0 Å². The molecule has 0 aliphatic carbocycles. The molecule has 4 aromatic rings. The zero-order valence-corrected chi connectivity index (χ0v) is 23.4. The molecule has 5 rings (SSSR count). The number of nitrogens with zero attached hydrogens (tertiary/aromatic N) is 1. The Balaban J connectivity index is 1.45. The van der Waals surface area contributed by atoms with E-state index >= 15 is 8.78 Å². The Kier molecular flexibility index (Phi) is 8.04. The first-order valence-corrected chi connectivity index (χ1v) is 13.5. The zero-order valence-electron chi connectivity index (χ0n) is 22.7. The van der Waals surface area contributed by atoms with Gasteiger partial charge in [0.2, 0.25) is 0 Å². The molecule has 2 amide bonds. The number of nitrogens with one attached hydrogen (secondary N) is 1. The fraction of sp³-hybridized carbons (Fsp3) is 0.188. The molecular weight excluding hydrogens is 588 g/mol. The molecule has 1 heterocycles. The lowest BCUT2D eigenvalue weighted by Crippen LogP contribution is -2.49. The number of hydrogen-bond donors (Lipinski definition) is 3. The summed E-state index contributed by atoms with van der Waals surface area (Å²) in [6.45, 7) is -0.0984. The van der Waals surface area contributed by atoms with Crippen molar-refractivity contribution < 1.29 is 37.4 Å². The number of amides is 2. The Labute approximate surface area is 249 Å². The lowest BCUT2D eigenvalue weighted by molar-refractivity contribution is -0.130. The zero-order chi connectivity index (χ0) is 31.1. The molecule has 1 aliphatic heterocycles. The van der Waals surface area contributed by atoms with Crippen LogP contribution in [0.3, 0.4) is 0 Å². The molecule has 0 saturated heterocycles. The van der Waals surface area contributed by atoms with E-state index in [0.29, 0.717) is 0 Å². The van der Waals surface area contributed by atoms with Crippen molar-refractivity contribution in [1.29, 1.82) is 0 Å². The summed E-state index contributed by atoms with van der Waals surface area (Å²) >= 11 is 6.09. The molecule has 1 unspecified atom stereocenters. The summed E-state index contributed by atoms with van der Waals surface area (Å²) in [5.74, 6) is -4.07. The highest BCUT2D eigenvalue weighted by atomic mass is 35.5. The van der Waals surface area contributed by atoms with E-state index in [1.807, 2.05) is 0 Å². The highest BCUT2D eigenvalue weighted by molar-refractivity contribution is 6.30. The van der Waals surface area contributed by atoms with E-state index in [0.717, 1.165) is 36.1 Å². The first-order valence-electron chi connectivity index (χ1n) is 13.2. The van der Waals surface area contributed by atoms with E-state index in [2.05, 4.69) is 5.32 Å². The second kappa shape index (κ2) is 11.4. The summed E-state index contributed by atoms with van der Waals surface area (Å²) in [5, 5.41) is 23.6. The summed E-state index contributed by atoms with van der Waals surface area (Å²) in [4.78, 5) is 27.8. The highest BCUT2D eigenvalue weighted by Crippen LogP contribution is 2.46. The van der Waals surface area contributed by atoms with Gasteiger partial charge in [0.1, 0.15) is 28.7 Å². The first-order chi connectivity index (χ1) is 20.4. The average molecular weight is 613 g/mol. The van der Waals surface area contributed by atoms with Gasteiger partial charge in [0.15, 0.2) is 0 Å². The Morgan fingerprint density at radius 2 is 1.70 bits per heavy atom. The summed E-state index contributed by atoms with van der Waals surface area (Å²) in [5.41, 5.74) is -5.36. The second-order valence-corrected chi connectivity index (χ2v) is 10.8. The normalized spacial score (nSPS) is 19.9. The fourth-order valence-electron chi connectivity index (χ4n) is 5.18. The third-order valence-electron chi connectivity index (χ3n) is 7.69. The van der Waals surface area contributed by atoms with Gasteiger partial charge in [-0.15, -0.1) is 0 Å². The van der Waals surface area contributed by atoms with Crippen LogP contribution >= 0.6 is 11.6 Å². The third kappa shape index (κ3) is 5.49. The van der Waals surface area contributed by atoms with Gasteiger partial charge in [-0.25, -0.2) is 17.6 Å². The van der Waals surface area contributed by atoms with Crippen LogP contribution in [-0.2, 0) is 5.60 Å². The molecule has 11 heteroatoms. The van der Waals surface area contributed by atoms with Crippen molar-refractivity contribution in [3.8, 4) is 11.1 Å². The maximum Gasteiger partial charge on any atom is 0.258 e. The SMILES string of the molecule is CC1(F)CCN(C(=O)c2ccc(NC(=O)c3cc(F)ccc3-c3ccccc3F)c(F)c2)c2ccc(Cl)cc2[C@@]1(O)CO. The number of anilines is 2. The molecular formula is C32H25ClF4N2O4. The van der Waals surface area contributed by atoms with Crippen LogP contribution in [0.25, 0.3) is 11.1 Å². The second-order valence-electron chi connectivity index (χ2n) is 10.4. The van der Waals surface area contributed by atoms with Gasteiger partial charge < -0.3 is 20.4 Å². The topological polar surface area (TPSA) is 89.9 Å². The lowest BCUT2D eigenvalue weighted by Gasteiger charge is -2.37. The molecule has 0 radical (unpaired) electrons. The van der Waals surface area contributed by atoms with Crippen molar-refractivity contribution in [3.63, 3.8) is 0 Å². The van der Waals surface area contributed by atoms with E-state index < -0.39 is 47.1 Å². The van der Waals surface area contributed by atoms with Gasteiger partial charge in [-0.3, -0.25) is 9.59 Å². The maximum atomic E-state index is 15.7. The molecule has 0 bridgehead atoms. The Morgan fingerprint density at radius 1 is 0.953 bits per heavy atom. The van der Waals surface area contributed by atoms with E-state index in [4.69, 9.17) is 11.6 Å². The third-order valence-corrected chi connectivity index (χ3v) is 7.93. The standard InChI is InChI=1S/C32H25ClF4N2O4/c1-31(37)12-13-39(28-11-7-19(33)15-24(28)32(31,43)17-40)30(42)18-6-10-27(26(36)14-18)38-29(41)23-16-20(34)8-9-21(23)22-4-2-3-5-25(22)35/h2-11,14-16,40,43H,12-13,17H2,1H3,(H,38,41)/t31?,32-/m0/s1. The number of halogens is 5. The van der Waals surface area contributed by atoms with Crippen molar-refractivity contribution in [2.45, 2.75) is 24.6 Å². The number of hydrogen-bond acceptors (Lipinski definition) is 4. The van der Waals surface area contributed by atoms with E-state index in [9.17, 15) is 28.6 Å². The van der Waals surface area contributed by atoms with E-state index in [1.54, 1.807) is 6.07 Å². The number of benzene rings is 4. The van der Waals surface area contributed by atoms with Crippen LogP contribution in [0.1, 0.15) is 39.6 Å². The molecule has 43 heavy (non-hydrogen) atoms. The number of carbonyl (C=O) groups is 2. The van der Waals surface area contributed by atoms with Crippen LogP contribution in [0, 0.1) is 17.5 Å². The number of carbonyl (C=O) groups excluding carboxylic acids is 2. The van der Waals surface area contributed by atoms with Crippen LogP contribution < -0.4 is 10.2 Å². The quantitative estimate of drug-likeness (QED) is 0.221. The largest absolute Gasteiger partial charge is 0.393 e. The molecule has 0 fully saturated rings. The van der Waals surface area contributed by atoms with Crippen LogP contribution in [0.5, 0.6) is 0 Å². The lowest BCUT2D eigenvalue weighted by atomic mass is 9.79. The number of aliphatic hydroxyl groups excluding tert-OH is 1. The maximum absolute atomic E-state index is 15.7. The summed E-state index contributed by atoms with van der Waals surface area (Å²) in [6.07, 6.45) is -0.364. The molecule has 0 aromatic heterocycles. The summed E-state index contributed by atoms with van der Waals surface area (Å²) in [6, 6.07) is 16.2. The van der Waals surface area contributed by atoms with Crippen LogP contribution in [-0.4, -0.2) is 40.8 Å². The van der Waals surface area contributed by atoms with E-state index in [-0.39, 0.29) is 57.2 Å². The molecule has 4 aromatic carbocycles. The van der Waals surface area contributed by atoms with Crippen molar-refractivity contribution in [1.82, 2.24) is 0 Å². The van der Waals surface area contributed by atoms with Crippen LogP contribution in [0.4, 0.5) is 28.9 Å². The smallest absolute Gasteiger partial charge is 0.258 e. The molecule has 2 atom stereocenters. The molecule has 6 nitrogen and oxygen atoms in total. The monoisotopic (exact) mass is 612 g/mol. The van der Waals surface area contributed by atoms with Crippen molar-refractivity contribution >= 4 is 34.8 Å². The van der Waals surface area contributed by atoms with Crippen LogP contribution in [0.15, 0.2) is 78.9 Å². The van der Waals surface area contributed by atoms with E-state index in [1.165, 1.54) is 48.5 Å². The minimum absolute atomic E-state index is 0.0468. The highest BCUT2D eigenvalue weighted by Gasteiger charge is 2.52. The molecule has 3 N–H and O–H groups in total. The Hall–Kier alpha value is -4.25. The number of rotatable bonds is 5. The van der Waals surface area contributed by atoms with Crippen molar-refractivity contribution in [2.75, 3.05) is 23.4 Å². The Bertz CT molecular complexity index is 1750. The first kappa shape index (κ1) is 30.2. The van der Waals surface area contributed by atoms with Gasteiger partial charge in [-0.2, -0.15) is 0 Å². The number of fused-ring (bicyclic) bond motifs is 1. The summed E-state index contributed by atoms with van der Waals surface area (Å²) in [7, 11) is 0. The van der Waals surface area contributed by atoms with Gasteiger partial charge in [0.05, 0.1) is 23.5 Å². The number of aliphatic hydroxyl groups is 2. The van der Waals surface area contributed by atoms with Gasteiger partial charge in [0.25, 0.3) is 11.8 Å². The van der Waals surface area contributed by atoms with Crippen molar-refractivity contribution in [2.24, 2.45) is 0 Å². The Morgan fingerprint density at radius 3 is 2.40 bits per heavy atom. The molecule has 1 aliphatic rings. The van der Waals surface area contributed by atoms with Gasteiger partial charge in [0, 0.05) is 34.7 Å². The predicted molar refractivity (Wildman–Crippen MR) is 154 cm³/mol. The van der Waals surface area contributed by atoms with Gasteiger partial charge in [-0.05, 0) is 67.1 Å². The molecule has 0 saturated carbocycles. The minimum atomic E-state index is -2.37.